The maximum absolute atomic E-state index is 13.2. The summed E-state index contributed by atoms with van der Waals surface area (Å²) in [5, 5.41) is 13.1. The van der Waals surface area contributed by atoms with Crippen LogP contribution in [0, 0.1) is 20.8 Å². The SMILES string of the molecule is Cc1cc(C)n(-c2ccc(N3CCN(S(=O)(=O)c4ccc(-c5coc(C)n5)cc4)CC3)nn2)n1. The Labute approximate surface area is 197 Å². The van der Waals surface area contributed by atoms with Crippen LogP contribution in [0.2, 0.25) is 0 Å². The summed E-state index contributed by atoms with van der Waals surface area (Å²) < 4.78 is 34.8. The van der Waals surface area contributed by atoms with Gasteiger partial charge in [0.2, 0.25) is 10.0 Å². The first-order chi connectivity index (χ1) is 16.3. The lowest BCUT2D eigenvalue weighted by molar-refractivity contribution is 0.383. The molecule has 34 heavy (non-hydrogen) atoms. The van der Waals surface area contributed by atoms with E-state index in [9.17, 15) is 8.42 Å². The van der Waals surface area contributed by atoms with Gasteiger partial charge in [-0.05, 0) is 44.2 Å². The normalized spacial score (nSPS) is 15.1. The highest BCUT2D eigenvalue weighted by Gasteiger charge is 2.29. The van der Waals surface area contributed by atoms with Crippen LogP contribution >= 0.6 is 0 Å². The number of sulfonamides is 1. The van der Waals surface area contributed by atoms with E-state index in [-0.39, 0.29) is 4.90 Å². The molecule has 176 valence electrons. The topological polar surface area (TPSA) is 110 Å². The van der Waals surface area contributed by atoms with E-state index >= 15 is 0 Å². The second kappa shape index (κ2) is 8.65. The number of piperazine rings is 1. The summed E-state index contributed by atoms with van der Waals surface area (Å²) >= 11 is 0. The molecule has 0 bridgehead atoms. The Bertz CT molecular complexity index is 1400. The standard InChI is InChI=1S/C23H25N7O3S/c1-16-14-17(2)30(27-16)23-9-8-22(25-26-23)28-10-12-29(13-11-28)34(31,32)20-6-4-19(5-7-20)21-15-33-18(3)24-21/h4-9,14-15H,10-13H2,1-3H3. The smallest absolute Gasteiger partial charge is 0.243 e. The number of aromatic nitrogens is 5. The van der Waals surface area contributed by atoms with Crippen molar-refractivity contribution in [2.24, 2.45) is 0 Å². The van der Waals surface area contributed by atoms with E-state index in [0.717, 1.165) is 22.8 Å². The fourth-order valence-corrected chi connectivity index (χ4v) is 5.48. The van der Waals surface area contributed by atoms with E-state index in [1.165, 1.54) is 4.31 Å². The van der Waals surface area contributed by atoms with Crippen LogP contribution in [0.15, 0.2) is 58.0 Å². The third kappa shape index (κ3) is 4.19. The summed E-state index contributed by atoms with van der Waals surface area (Å²) in [5.41, 5.74) is 3.40. The minimum Gasteiger partial charge on any atom is -0.449 e. The van der Waals surface area contributed by atoms with Crippen molar-refractivity contribution in [3.63, 3.8) is 0 Å². The van der Waals surface area contributed by atoms with Crippen molar-refractivity contribution in [1.82, 2.24) is 29.3 Å². The molecule has 1 fully saturated rings. The molecule has 1 aliphatic heterocycles. The fourth-order valence-electron chi connectivity index (χ4n) is 4.06. The Kier molecular flexibility index (Phi) is 5.66. The molecule has 0 N–H and O–H groups in total. The zero-order valence-electron chi connectivity index (χ0n) is 19.2. The minimum atomic E-state index is -3.59. The second-order valence-corrected chi connectivity index (χ2v) is 10.2. The monoisotopic (exact) mass is 479 g/mol. The van der Waals surface area contributed by atoms with Crippen LogP contribution in [0.1, 0.15) is 17.3 Å². The lowest BCUT2D eigenvalue weighted by Gasteiger charge is -2.34. The molecule has 0 aliphatic carbocycles. The first kappa shape index (κ1) is 22.2. The van der Waals surface area contributed by atoms with Crippen molar-refractivity contribution in [3.05, 3.63) is 66.0 Å². The third-order valence-corrected chi connectivity index (χ3v) is 7.75. The summed E-state index contributed by atoms with van der Waals surface area (Å²) in [6.45, 7) is 7.47. The zero-order valence-corrected chi connectivity index (χ0v) is 20.0. The number of anilines is 1. The Hall–Kier alpha value is -3.57. The molecule has 5 rings (SSSR count). The minimum absolute atomic E-state index is 0.263. The third-order valence-electron chi connectivity index (χ3n) is 5.83. The van der Waals surface area contributed by atoms with Gasteiger partial charge in [-0.15, -0.1) is 10.2 Å². The van der Waals surface area contributed by atoms with Crippen molar-refractivity contribution in [3.8, 4) is 17.1 Å². The molecule has 0 radical (unpaired) electrons. The molecule has 1 aliphatic rings. The molecule has 1 aromatic carbocycles. The molecule has 0 spiro atoms. The van der Waals surface area contributed by atoms with Crippen molar-refractivity contribution in [2.75, 3.05) is 31.1 Å². The highest BCUT2D eigenvalue weighted by Crippen LogP contribution is 2.24. The number of oxazole rings is 1. The van der Waals surface area contributed by atoms with Gasteiger partial charge in [-0.3, -0.25) is 0 Å². The van der Waals surface area contributed by atoms with Gasteiger partial charge in [-0.2, -0.15) is 9.40 Å². The zero-order chi connectivity index (χ0) is 23.9. The van der Waals surface area contributed by atoms with E-state index in [4.69, 9.17) is 4.42 Å². The van der Waals surface area contributed by atoms with Gasteiger partial charge in [-0.25, -0.2) is 18.1 Å². The van der Waals surface area contributed by atoms with E-state index in [1.807, 2.05) is 36.9 Å². The first-order valence-corrected chi connectivity index (χ1v) is 12.4. The van der Waals surface area contributed by atoms with Crippen LogP contribution < -0.4 is 4.90 Å². The van der Waals surface area contributed by atoms with Gasteiger partial charge in [0.05, 0.1) is 10.6 Å². The van der Waals surface area contributed by atoms with Crippen molar-refractivity contribution < 1.29 is 12.8 Å². The highest BCUT2D eigenvalue weighted by atomic mass is 32.2. The number of aryl methyl sites for hydroxylation is 3. The molecular formula is C23H25N7O3S. The molecule has 0 saturated carbocycles. The molecule has 4 heterocycles. The average Bonchev–Trinajstić information content (AvgIpc) is 3.43. The van der Waals surface area contributed by atoms with Gasteiger partial charge in [0, 0.05) is 44.4 Å². The van der Waals surface area contributed by atoms with Crippen molar-refractivity contribution in [1.29, 1.82) is 0 Å². The van der Waals surface area contributed by atoms with Gasteiger partial charge < -0.3 is 9.32 Å². The van der Waals surface area contributed by atoms with E-state index in [1.54, 1.807) is 42.1 Å². The maximum atomic E-state index is 13.2. The number of rotatable bonds is 5. The molecule has 1 saturated heterocycles. The number of hydrogen-bond acceptors (Lipinski definition) is 8. The number of benzene rings is 1. The van der Waals surface area contributed by atoms with Crippen LogP contribution in [0.5, 0.6) is 0 Å². The van der Waals surface area contributed by atoms with Crippen molar-refractivity contribution >= 4 is 15.8 Å². The summed E-state index contributed by atoms with van der Waals surface area (Å²) in [5.74, 6) is 1.94. The Morgan fingerprint density at radius 2 is 1.56 bits per heavy atom. The van der Waals surface area contributed by atoms with Crippen LogP contribution in [0.3, 0.4) is 0 Å². The van der Waals surface area contributed by atoms with E-state index < -0.39 is 10.0 Å². The van der Waals surface area contributed by atoms with Gasteiger partial charge in [0.25, 0.3) is 0 Å². The molecule has 3 aromatic heterocycles. The van der Waals surface area contributed by atoms with Gasteiger partial charge in [0.1, 0.15) is 12.0 Å². The molecular weight excluding hydrogens is 454 g/mol. The summed E-state index contributed by atoms with van der Waals surface area (Å²) in [6, 6.07) is 12.5. The lowest BCUT2D eigenvalue weighted by atomic mass is 10.2. The molecule has 10 nitrogen and oxygen atoms in total. The number of nitrogens with zero attached hydrogens (tertiary/aromatic N) is 7. The average molecular weight is 480 g/mol. The molecule has 0 atom stereocenters. The predicted octanol–water partition coefficient (Wildman–Crippen LogP) is 2.75. The largest absolute Gasteiger partial charge is 0.449 e. The quantitative estimate of drug-likeness (QED) is 0.430. The highest BCUT2D eigenvalue weighted by molar-refractivity contribution is 7.89. The molecule has 11 heteroatoms. The maximum Gasteiger partial charge on any atom is 0.243 e. The lowest BCUT2D eigenvalue weighted by Crippen LogP contribution is -2.49. The second-order valence-electron chi connectivity index (χ2n) is 8.26. The Balaban J connectivity index is 1.25. The summed E-state index contributed by atoms with van der Waals surface area (Å²) in [4.78, 5) is 6.58. The van der Waals surface area contributed by atoms with Gasteiger partial charge in [-0.1, -0.05) is 12.1 Å². The van der Waals surface area contributed by atoms with E-state index in [2.05, 4.69) is 20.3 Å². The summed E-state index contributed by atoms with van der Waals surface area (Å²) in [7, 11) is -3.59. The van der Waals surface area contributed by atoms with Gasteiger partial charge in [0.15, 0.2) is 17.5 Å². The number of hydrogen-bond donors (Lipinski definition) is 0. The fraction of sp³-hybridized carbons (Fsp3) is 0.304. The summed E-state index contributed by atoms with van der Waals surface area (Å²) in [6.07, 6.45) is 1.56. The first-order valence-electron chi connectivity index (χ1n) is 11.0. The predicted molar refractivity (Wildman–Crippen MR) is 126 cm³/mol. The van der Waals surface area contributed by atoms with Crippen LogP contribution in [0.25, 0.3) is 17.1 Å². The van der Waals surface area contributed by atoms with Crippen molar-refractivity contribution in [2.45, 2.75) is 25.7 Å². The molecule has 4 aromatic rings. The van der Waals surface area contributed by atoms with Gasteiger partial charge >= 0.3 is 0 Å². The Morgan fingerprint density at radius 1 is 0.882 bits per heavy atom. The molecule has 0 unspecified atom stereocenters. The van der Waals surface area contributed by atoms with Crippen LogP contribution in [-0.4, -0.2) is 63.9 Å². The molecule has 0 amide bonds. The van der Waals surface area contributed by atoms with Crippen LogP contribution in [-0.2, 0) is 10.0 Å². The van der Waals surface area contributed by atoms with E-state index in [0.29, 0.717) is 43.6 Å². The van der Waals surface area contributed by atoms with Crippen LogP contribution in [0.4, 0.5) is 5.82 Å². The Morgan fingerprint density at radius 3 is 2.12 bits per heavy atom.